The summed E-state index contributed by atoms with van der Waals surface area (Å²) in [5, 5.41) is 15.1. The highest BCUT2D eigenvalue weighted by molar-refractivity contribution is 5.97. The van der Waals surface area contributed by atoms with Gasteiger partial charge in [0.1, 0.15) is 12.9 Å². The number of anilines is 1. The molecule has 2 heterocycles. The molecule has 1 amide bonds. The van der Waals surface area contributed by atoms with E-state index in [0.29, 0.717) is 11.5 Å². The first-order valence-corrected chi connectivity index (χ1v) is 5.77. The van der Waals surface area contributed by atoms with Crippen molar-refractivity contribution in [1.82, 2.24) is 20.1 Å². The van der Waals surface area contributed by atoms with Crippen LogP contribution in [0.25, 0.3) is 0 Å². The van der Waals surface area contributed by atoms with Gasteiger partial charge in [-0.2, -0.15) is 10.1 Å². The van der Waals surface area contributed by atoms with E-state index in [4.69, 9.17) is 5.11 Å². The first kappa shape index (κ1) is 13.1. The summed E-state index contributed by atoms with van der Waals surface area (Å²) >= 11 is 0. The number of amides is 1. The Labute approximate surface area is 109 Å². The van der Waals surface area contributed by atoms with E-state index in [1.54, 1.807) is 23.6 Å². The SMILES string of the molecule is CC1=C(C(=O)NCC(=O)O)C(C)n2ncnc2N1C. The summed E-state index contributed by atoms with van der Waals surface area (Å²) in [5.74, 6) is -0.829. The predicted octanol–water partition coefficient (Wildman–Crippen LogP) is -0.236. The monoisotopic (exact) mass is 265 g/mol. The predicted molar refractivity (Wildman–Crippen MR) is 66.5 cm³/mol. The average molecular weight is 265 g/mol. The van der Waals surface area contributed by atoms with Gasteiger partial charge in [0.2, 0.25) is 5.95 Å². The maximum atomic E-state index is 12.1. The Kier molecular flexibility index (Phi) is 3.24. The van der Waals surface area contributed by atoms with E-state index in [2.05, 4.69) is 15.4 Å². The van der Waals surface area contributed by atoms with Crippen molar-refractivity contribution in [1.29, 1.82) is 0 Å². The minimum absolute atomic E-state index is 0.289. The minimum Gasteiger partial charge on any atom is -0.480 e. The Morgan fingerprint density at radius 2 is 2.21 bits per heavy atom. The lowest BCUT2D eigenvalue weighted by Gasteiger charge is -2.31. The lowest BCUT2D eigenvalue weighted by molar-refractivity contribution is -0.137. The second-order valence-corrected chi connectivity index (χ2v) is 4.32. The van der Waals surface area contributed by atoms with Gasteiger partial charge >= 0.3 is 5.97 Å². The van der Waals surface area contributed by atoms with Crippen molar-refractivity contribution in [3.05, 3.63) is 17.6 Å². The minimum atomic E-state index is -1.08. The van der Waals surface area contributed by atoms with E-state index in [0.717, 1.165) is 5.70 Å². The summed E-state index contributed by atoms with van der Waals surface area (Å²) in [6.45, 7) is 3.21. The van der Waals surface area contributed by atoms with Gasteiger partial charge in [0.25, 0.3) is 5.91 Å². The Bertz CT molecular complexity index is 562. The van der Waals surface area contributed by atoms with Gasteiger partial charge in [-0.3, -0.25) is 9.59 Å². The van der Waals surface area contributed by atoms with Gasteiger partial charge in [0.15, 0.2) is 0 Å². The fraction of sp³-hybridized carbons (Fsp3) is 0.455. The Balaban J connectivity index is 2.31. The molecular weight excluding hydrogens is 250 g/mol. The smallest absolute Gasteiger partial charge is 0.322 e. The maximum absolute atomic E-state index is 12.1. The number of carbonyl (C=O) groups excluding carboxylic acids is 1. The van der Waals surface area contributed by atoms with Crippen molar-refractivity contribution in [2.45, 2.75) is 19.9 Å². The van der Waals surface area contributed by atoms with Crippen LogP contribution in [0.1, 0.15) is 19.9 Å². The molecule has 0 spiro atoms. The van der Waals surface area contributed by atoms with E-state index in [1.807, 2.05) is 6.92 Å². The van der Waals surface area contributed by atoms with Crippen LogP contribution in [-0.4, -0.2) is 45.3 Å². The highest BCUT2D eigenvalue weighted by atomic mass is 16.4. The molecule has 1 unspecified atom stereocenters. The third kappa shape index (κ3) is 2.16. The third-order valence-corrected chi connectivity index (χ3v) is 3.18. The summed E-state index contributed by atoms with van der Waals surface area (Å²) in [4.78, 5) is 28.5. The van der Waals surface area contributed by atoms with Crippen LogP contribution in [0.15, 0.2) is 17.6 Å². The molecule has 0 aromatic carbocycles. The fourth-order valence-electron chi connectivity index (χ4n) is 2.12. The van der Waals surface area contributed by atoms with E-state index in [-0.39, 0.29) is 6.04 Å². The van der Waals surface area contributed by atoms with Crippen molar-refractivity contribution in [3.63, 3.8) is 0 Å². The summed E-state index contributed by atoms with van der Waals surface area (Å²) in [5.41, 5.74) is 1.22. The number of hydrogen-bond acceptors (Lipinski definition) is 5. The quantitative estimate of drug-likeness (QED) is 0.782. The average Bonchev–Trinajstić information content (AvgIpc) is 2.83. The summed E-state index contributed by atoms with van der Waals surface area (Å²) in [7, 11) is 1.78. The molecule has 2 rings (SSSR count). The fourth-order valence-corrected chi connectivity index (χ4v) is 2.12. The molecule has 8 nitrogen and oxygen atoms in total. The van der Waals surface area contributed by atoms with Crippen LogP contribution in [0.5, 0.6) is 0 Å². The summed E-state index contributed by atoms with van der Waals surface area (Å²) in [6, 6.07) is -0.289. The lowest BCUT2D eigenvalue weighted by Crippen LogP contribution is -2.38. The largest absolute Gasteiger partial charge is 0.480 e. The molecular formula is C11H15N5O3. The van der Waals surface area contributed by atoms with Crippen LogP contribution in [0.3, 0.4) is 0 Å². The molecule has 1 aromatic heterocycles. The maximum Gasteiger partial charge on any atom is 0.322 e. The molecule has 2 N–H and O–H groups in total. The van der Waals surface area contributed by atoms with E-state index in [1.165, 1.54) is 6.33 Å². The molecule has 0 saturated heterocycles. The number of nitrogens with zero attached hydrogens (tertiary/aromatic N) is 4. The number of aliphatic carboxylic acids is 1. The van der Waals surface area contributed by atoms with Crippen LogP contribution in [0.4, 0.5) is 5.95 Å². The molecule has 1 atom stereocenters. The molecule has 0 aliphatic carbocycles. The Morgan fingerprint density at radius 1 is 1.53 bits per heavy atom. The van der Waals surface area contributed by atoms with E-state index in [9.17, 15) is 9.59 Å². The molecule has 0 fully saturated rings. The molecule has 19 heavy (non-hydrogen) atoms. The van der Waals surface area contributed by atoms with Gasteiger partial charge in [-0.15, -0.1) is 0 Å². The third-order valence-electron chi connectivity index (χ3n) is 3.18. The Hall–Kier alpha value is -2.38. The number of carbonyl (C=O) groups is 2. The second kappa shape index (κ2) is 4.71. The number of carboxylic acids is 1. The van der Waals surface area contributed by atoms with E-state index < -0.39 is 18.4 Å². The number of hydrogen-bond donors (Lipinski definition) is 2. The molecule has 1 aromatic rings. The lowest BCUT2D eigenvalue weighted by atomic mass is 10.0. The van der Waals surface area contributed by atoms with Crippen molar-refractivity contribution in [2.24, 2.45) is 0 Å². The normalized spacial score (nSPS) is 18.3. The number of allylic oxidation sites excluding steroid dienone is 1. The van der Waals surface area contributed by atoms with Gasteiger partial charge in [0.05, 0.1) is 11.6 Å². The van der Waals surface area contributed by atoms with Gasteiger partial charge in [-0.25, -0.2) is 4.68 Å². The highest BCUT2D eigenvalue weighted by Crippen LogP contribution is 2.31. The molecule has 1 aliphatic rings. The number of fused-ring (bicyclic) bond motifs is 1. The zero-order valence-electron chi connectivity index (χ0n) is 10.9. The van der Waals surface area contributed by atoms with Crippen molar-refractivity contribution < 1.29 is 14.7 Å². The summed E-state index contributed by atoms with van der Waals surface area (Å²) < 4.78 is 1.63. The van der Waals surface area contributed by atoms with Crippen molar-refractivity contribution in [3.8, 4) is 0 Å². The first-order chi connectivity index (χ1) is 8.93. The molecule has 0 bridgehead atoms. The second-order valence-electron chi connectivity index (χ2n) is 4.32. The number of carboxylic acid groups (broad SMARTS) is 1. The van der Waals surface area contributed by atoms with Gasteiger partial charge in [-0.05, 0) is 13.8 Å². The number of nitrogens with one attached hydrogen (secondary N) is 1. The molecule has 1 aliphatic heterocycles. The first-order valence-electron chi connectivity index (χ1n) is 5.77. The molecule has 102 valence electrons. The van der Waals surface area contributed by atoms with Crippen LogP contribution in [0, 0.1) is 0 Å². The van der Waals surface area contributed by atoms with Gasteiger partial charge in [0, 0.05) is 12.7 Å². The molecule has 8 heteroatoms. The zero-order valence-corrected chi connectivity index (χ0v) is 10.9. The van der Waals surface area contributed by atoms with Crippen LogP contribution < -0.4 is 10.2 Å². The van der Waals surface area contributed by atoms with Gasteiger partial charge in [-0.1, -0.05) is 0 Å². The van der Waals surface area contributed by atoms with Crippen molar-refractivity contribution >= 4 is 17.8 Å². The topological polar surface area (TPSA) is 100 Å². The highest BCUT2D eigenvalue weighted by Gasteiger charge is 2.31. The standard InChI is InChI=1S/C11H15N5O3/c1-6-9(10(19)12-4-8(17)18)7(2)16-11(15(6)3)13-5-14-16/h5,7H,4H2,1-3H3,(H,12,19)(H,17,18). The van der Waals surface area contributed by atoms with Crippen LogP contribution in [0.2, 0.25) is 0 Å². The van der Waals surface area contributed by atoms with Crippen LogP contribution >= 0.6 is 0 Å². The Morgan fingerprint density at radius 3 is 2.84 bits per heavy atom. The number of rotatable bonds is 3. The summed E-state index contributed by atoms with van der Waals surface area (Å²) in [6.07, 6.45) is 1.42. The molecule has 0 saturated carbocycles. The van der Waals surface area contributed by atoms with Gasteiger partial charge < -0.3 is 15.3 Å². The van der Waals surface area contributed by atoms with Crippen molar-refractivity contribution in [2.75, 3.05) is 18.5 Å². The van der Waals surface area contributed by atoms with E-state index >= 15 is 0 Å². The van der Waals surface area contributed by atoms with Crippen LogP contribution in [-0.2, 0) is 9.59 Å². The molecule has 0 radical (unpaired) electrons. The number of aromatic nitrogens is 3. The zero-order chi connectivity index (χ0) is 14.2.